The number of anilines is 2. The van der Waals surface area contributed by atoms with E-state index < -0.39 is 0 Å². The molecular formula is C21H18ClN3O2S. The molecule has 4 aromatic rings. The molecule has 0 aliphatic heterocycles. The van der Waals surface area contributed by atoms with Gasteiger partial charge in [0.1, 0.15) is 28.5 Å². The van der Waals surface area contributed by atoms with Gasteiger partial charge in [-0.1, -0.05) is 41.9 Å². The Kier molecular flexibility index (Phi) is 5.07. The molecule has 2 heterocycles. The molecule has 2 aromatic carbocycles. The number of benzene rings is 2. The molecule has 0 aliphatic rings. The second-order valence-corrected chi connectivity index (χ2v) is 7.72. The lowest BCUT2D eigenvalue weighted by Gasteiger charge is -2.14. The molecule has 0 atom stereocenters. The quantitative estimate of drug-likeness (QED) is 0.431. The van der Waals surface area contributed by atoms with Gasteiger partial charge >= 0.3 is 0 Å². The minimum absolute atomic E-state index is 0.481. The third kappa shape index (κ3) is 3.25. The summed E-state index contributed by atoms with van der Waals surface area (Å²) in [5.74, 6) is 1.86. The summed E-state index contributed by atoms with van der Waals surface area (Å²) in [7, 11) is 3.18. The minimum atomic E-state index is 0.481. The lowest BCUT2D eigenvalue weighted by atomic mass is 10.0. The Bertz CT molecular complexity index is 1150. The normalized spacial score (nSPS) is 10.9. The maximum Gasteiger partial charge on any atom is 0.144 e. The fourth-order valence-electron chi connectivity index (χ4n) is 3.18. The zero-order valence-electron chi connectivity index (χ0n) is 15.6. The highest BCUT2D eigenvalue weighted by Gasteiger charge is 2.18. The predicted molar refractivity (Wildman–Crippen MR) is 115 cm³/mol. The van der Waals surface area contributed by atoms with Crippen LogP contribution >= 0.6 is 22.9 Å². The van der Waals surface area contributed by atoms with Crippen LogP contribution in [0, 0.1) is 6.92 Å². The van der Waals surface area contributed by atoms with Crippen molar-refractivity contribution in [3.63, 3.8) is 0 Å². The van der Waals surface area contributed by atoms with Crippen LogP contribution in [0.2, 0.25) is 5.02 Å². The molecule has 0 amide bonds. The number of aromatic nitrogens is 2. The van der Waals surface area contributed by atoms with E-state index in [1.54, 1.807) is 44.0 Å². The lowest BCUT2D eigenvalue weighted by Crippen LogP contribution is -1.99. The molecule has 2 aromatic heterocycles. The number of aryl methyl sites for hydroxylation is 1. The molecule has 7 heteroatoms. The van der Waals surface area contributed by atoms with Crippen molar-refractivity contribution < 1.29 is 9.47 Å². The monoisotopic (exact) mass is 411 g/mol. The van der Waals surface area contributed by atoms with E-state index in [9.17, 15) is 0 Å². The average Bonchev–Trinajstić information content (AvgIpc) is 3.06. The topological polar surface area (TPSA) is 56.3 Å². The first kappa shape index (κ1) is 18.5. The summed E-state index contributed by atoms with van der Waals surface area (Å²) in [4.78, 5) is 11.1. The summed E-state index contributed by atoms with van der Waals surface area (Å²) in [6, 6.07) is 13.8. The number of hydrogen-bond acceptors (Lipinski definition) is 6. The average molecular weight is 412 g/mol. The Morgan fingerprint density at radius 2 is 1.75 bits per heavy atom. The molecule has 0 aliphatic carbocycles. The maximum absolute atomic E-state index is 6.23. The van der Waals surface area contributed by atoms with Crippen molar-refractivity contribution in [2.75, 3.05) is 19.5 Å². The van der Waals surface area contributed by atoms with Crippen molar-refractivity contribution >= 4 is 44.7 Å². The van der Waals surface area contributed by atoms with Crippen molar-refractivity contribution in [3.05, 3.63) is 58.7 Å². The van der Waals surface area contributed by atoms with Crippen LogP contribution in [0.25, 0.3) is 21.3 Å². The van der Waals surface area contributed by atoms with E-state index in [1.807, 2.05) is 18.2 Å². The summed E-state index contributed by atoms with van der Waals surface area (Å²) in [5, 5.41) is 4.84. The van der Waals surface area contributed by atoms with Gasteiger partial charge in [0.25, 0.3) is 0 Å². The maximum atomic E-state index is 6.23. The second kappa shape index (κ2) is 7.66. The molecule has 0 radical (unpaired) electrons. The van der Waals surface area contributed by atoms with Gasteiger partial charge in [0.15, 0.2) is 0 Å². The van der Waals surface area contributed by atoms with E-state index in [1.165, 1.54) is 4.88 Å². The van der Waals surface area contributed by atoms with Gasteiger partial charge in [0.05, 0.1) is 30.3 Å². The van der Waals surface area contributed by atoms with E-state index >= 15 is 0 Å². The Morgan fingerprint density at radius 1 is 1.00 bits per heavy atom. The van der Waals surface area contributed by atoms with Gasteiger partial charge in [-0.15, -0.1) is 11.3 Å². The number of halogens is 1. The minimum Gasteiger partial charge on any atom is -0.495 e. The standard InChI is InChI=1S/C21H18ClN3O2S/c1-12-18(13-7-5-4-6-8-13)19-20(23-11-24-21(19)28-12)25-15-10-16(26-2)14(22)9-17(15)27-3/h4-11H,1-3H3,(H,23,24,25). The van der Waals surface area contributed by atoms with Gasteiger partial charge in [-0.05, 0) is 12.5 Å². The summed E-state index contributed by atoms with van der Waals surface area (Å²) in [6.45, 7) is 2.10. The zero-order valence-corrected chi connectivity index (χ0v) is 17.2. The highest BCUT2D eigenvalue weighted by molar-refractivity contribution is 7.19. The van der Waals surface area contributed by atoms with Gasteiger partial charge in [0.2, 0.25) is 0 Å². The molecule has 5 nitrogen and oxygen atoms in total. The van der Waals surface area contributed by atoms with Crippen molar-refractivity contribution in [3.8, 4) is 22.6 Å². The van der Waals surface area contributed by atoms with Crippen LogP contribution < -0.4 is 14.8 Å². The fraction of sp³-hybridized carbons (Fsp3) is 0.143. The van der Waals surface area contributed by atoms with Crippen molar-refractivity contribution in [1.29, 1.82) is 0 Å². The molecule has 0 bridgehead atoms. The molecule has 0 saturated heterocycles. The third-order valence-corrected chi connectivity index (χ3v) is 5.76. The molecule has 0 unspecified atom stereocenters. The summed E-state index contributed by atoms with van der Waals surface area (Å²) in [6.07, 6.45) is 1.56. The van der Waals surface area contributed by atoms with Crippen molar-refractivity contribution in [2.24, 2.45) is 0 Å². The highest BCUT2D eigenvalue weighted by Crippen LogP contribution is 2.43. The molecule has 0 spiro atoms. The Labute approximate surface area is 171 Å². The summed E-state index contributed by atoms with van der Waals surface area (Å²) >= 11 is 7.88. The van der Waals surface area contributed by atoms with Crippen LogP contribution in [0.5, 0.6) is 11.5 Å². The van der Waals surface area contributed by atoms with Crippen LogP contribution in [0.4, 0.5) is 11.5 Å². The van der Waals surface area contributed by atoms with Gasteiger partial charge in [-0.25, -0.2) is 9.97 Å². The first-order valence-electron chi connectivity index (χ1n) is 8.60. The van der Waals surface area contributed by atoms with Crippen molar-refractivity contribution in [2.45, 2.75) is 6.92 Å². The van der Waals surface area contributed by atoms with Gasteiger partial charge in [0, 0.05) is 22.6 Å². The summed E-state index contributed by atoms with van der Waals surface area (Å²) < 4.78 is 10.8. The second-order valence-electron chi connectivity index (χ2n) is 6.11. The van der Waals surface area contributed by atoms with E-state index in [0.29, 0.717) is 28.0 Å². The SMILES string of the molecule is COc1cc(Nc2ncnc3sc(C)c(-c4ccccc4)c23)c(OC)cc1Cl. The number of fused-ring (bicyclic) bond motifs is 1. The molecule has 28 heavy (non-hydrogen) atoms. The van der Waals surface area contributed by atoms with Crippen LogP contribution in [0.15, 0.2) is 48.8 Å². The Balaban J connectivity index is 1.89. The lowest BCUT2D eigenvalue weighted by molar-refractivity contribution is 0.405. The highest BCUT2D eigenvalue weighted by atomic mass is 35.5. The number of nitrogens with zero attached hydrogens (tertiary/aromatic N) is 2. The molecule has 0 fully saturated rings. The largest absolute Gasteiger partial charge is 0.495 e. The number of hydrogen-bond donors (Lipinski definition) is 1. The number of methoxy groups -OCH3 is 2. The van der Waals surface area contributed by atoms with E-state index in [2.05, 4.69) is 34.3 Å². The predicted octanol–water partition coefficient (Wildman–Crippen LogP) is 6.08. The van der Waals surface area contributed by atoms with Crippen LogP contribution in [0.1, 0.15) is 4.88 Å². The number of nitrogens with one attached hydrogen (secondary N) is 1. The van der Waals surface area contributed by atoms with E-state index in [0.717, 1.165) is 21.3 Å². The molecule has 4 rings (SSSR count). The first-order chi connectivity index (χ1) is 13.6. The molecule has 0 saturated carbocycles. The van der Waals surface area contributed by atoms with Gasteiger partial charge in [-0.3, -0.25) is 0 Å². The number of thiophene rings is 1. The Morgan fingerprint density at radius 3 is 2.46 bits per heavy atom. The fourth-order valence-corrected chi connectivity index (χ4v) is 4.42. The van der Waals surface area contributed by atoms with E-state index in [-0.39, 0.29) is 0 Å². The van der Waals surface area contributed by atoms with Crippen LogP contribution in [0.3, 0.4) is 0 Å². The van der Waals surface area contributed by atoms with Crippen LogP contribution in [-0.4, -0.2) is 24.2 Å². The molecule has 142 valence electrons. The molecular weight excluding hydrogens is 394 g/mol. The van der Waals surface area contributed by atoms with E-state index in [4.69, 9.17) is 21.1 Å². The zero-order chi connectivity index (χ0) is 19.7. The number of rotatable bonds is 5. The summed E-state index contributed by atoms with van der Waals surface area (Å²) in [5.41, 5.74) is 2.97. The third-order valence-electron chi connectivity index (χ3n) is 4.45. The number of ether oxygens (including phenoxy) is 2. The van der Waals surface area contributed by atoms with Crippen LogP contribution in [-0.2, 0) is 0 Å². The van der Waals surface area contributed by atoms with Gasteiger partial charge < -0.3 is 14.8 Å². The smallest absolute Gasteiger partial charge is 0.144 e. The first-order valence-corrected chi connectivity index (χ1v) is 9.80. The van der Waals surface area contributed by atoms with Crippen molar-refractivity contribution in [1.82, 2.24) is 9.97 Å². The molecule has 1 N–H and O–H groups in total. The van der Waals surface area contributed by atoms with Gasteiger partial charge in [-0.2, -0.15) is 0 Å². The Hall–Kier alpha value is -2.83.